The zero-order valence-electron chi connectivity index (χ0n) is 22.8. The number of nitrogens with two attached hydrogens (primary N) is 1. The van der Waals surface area contributed by atoms with Crippen LogP contribution in [0.5, 0.6) is 0 Å². The lowest BCUT2D eigenvalue weighted by Gasteiger charge is -2.37. The van der Waals surface area contributed by atoms with E-state index in [-0.39, 0.29) is 41.9 Å². The highest BCUT2D eigenvalue weighted by Gasteiger charge is 2.38. The average Bonchev–Trinajstić information content (AvgIpc) is 3.03. The van der Waals surface area contributed by atoms with Crippen molar-refractivity contribution in [1.29, 1.82) is 0 Å². The minimum absolute atomic E-state index is 0.0293. The summed E-state index contributed by atoms with van der Waals surface area (Å²) in [5.74, 6) is -0.497. The Morgan fingerprint density at radius 2 is 1.95 bits per heavy atom. The first-order chi connectivity index (χ1) is 18.6. The molecule has 7 nitrogen and oxygen atoms in total. The highest BCUT2D eigenvalue weighted by Crippen LogP contribution is 2.34. The Labute approximate surface area is 236 Å². The number of hydrogen-bond donors (Lipinski definition) is 2. The summed E-state index contributed by atoms with van der Waals surface area (Å²) in [6, 6.07) is 6.60. The number of halogens is 2. The van der Waals surface area contributed by atoms with E-state index in [0.717, 1.165) is 31.0 Å². The van der Waals surface area contributed by atoms with E-state index in [1.807, 2.05) is 24.3 Å². The molecule has 1 aromatic heterocycles. The van der Waals surface area contributed by atoms with Gasteiger partial charge in [0.05, 0.1) is 18.0 Å². The van der Waals surface area contributed by atoms with Crippen LogP contribution in [-0.2, 0) is 27.7 Å². The van der Waals surface area contributed by atoms with Gasteiger partial charge in [-0.2, -0.15) is 4.31 Å². The number of ketones is 1. The predicted octanol–water partition coefficient (Wildman–Crippen LogP) is 4.23. The van der Waals surface area contributed by atoms with E-state index in [1.165, 1.54) is 6.20 Å². The third kappa shape index (κ3) is 7.06. The van der Waals surface area contributed by atoms with Crippen molar-refractivity contribution >= 4 is 27.4 Å². The first-order valence-electron chi connectivity index (χ1n) is 14.0. The number of fused-ring (bicyclic) bond motifs is 2. The van der Waals surface area contributed by atoms with E-state index in [0.29, 0.717) is 48.5 Å². The summed E-state index contributed by atoms with van der Waals surface area (Å²) in [7, 11) is -3.34. The molecule has 2 aliphatic rings. The van der Waals surface area contributed by atoms with Crippen LogP contribution in [0.1, 0.15) is 68.6 Å². The van der Waals surface area contributed by atoms with E-state index >= 15 is 4.39 Å². The SMILES string of the molecule is CCC(CC)[C@H](c1ccc(Cl)cc1)[C@H](N)C(=O)Cc1cncc(F)c1CC[C@H]1CN[C@@H]2CCCS(=O)(=O)N1C2. The molecule has 2 aliphatic heterocycles. The molecule has 0 saturated carbocycles. The van der Waals surface area contributed by atoms with Gasteiger partial charge in [-0.1, -0.05) is 50.4 Å². The Morgan fingerprint density at radius 1 is 1.23 bits per heavy atom. The molecule has 2 saturated heterocycles. The van der Waals surface area contributed by atoms with Crippen LogP contribution in [0.2, 0.25) is 5.02 Å². The molecule has 3 N–H and O–H groups in total. The topological polar surface area (TPSA) is 105 Å². The van der Waals surface area contributed by atoms with Gasteiger partial charge in [0.25, 0.3) is 0 Å². The fraction of sp³-hybridized carbons (Fsp3) is 0.586. The maximum atomic E-state index is 15.1. The second-order valence-electron chi connectivity index (χ2n) is 10.9. The average molecular weight is 579 g/mol. The van der Waals surface area contributed by atoms with E-state index in [2.05, 4.69) is 24.1 Å². The van der Waals surface area contributed by atoms with Crippen molar-refractivity contribution in [3.63, 3.8) is 0 Å². The van der Waals surface area contributed by atoms with Gasteiger partial charge in [0.15, 0.2) is 5.78 Å². The summed E-state index contributed by atoms with van der Waals surface area (Å²) in [4.78, 5) is 17.6. The zero-order chi connectivity index (χ0) is 28.2. The molecule has 1 aromatic carbocycles. The lowest BCUT2D eigenvalue weighted by Crippen LogP contribution is -2.57. The number of carbonyl (C=O) groups excluding carboxylic acids is 1. The van der Waals surface area contributed by atoms with Crippen LogP contribution in [0, 0.1) is 11.7 Å². The number of benzene rings is 1. The third-order valence-corrected chi connectivity index (χ3v) is 10.7. The van der Waals surface area contributed by atoms with Crippen LogP contribution in [0.4, 0.5) is 4.39 Å². The molecular formula is C29H40ClFN4O3S. The Bertz CT molecular complexity index is 1240. The van der Waals surface area contributed by atoms with Crippen molar-refractivity contribution in [3.05, 3.63) is 64.2 Å². The summed E-state index contributed by atoms with van der Waals surface area (Å²) in [5, 5.41) is 4.07. The molecule has 4 rings (SSSR count). The predicted molar refractivity (Wildman–Crippen MR) is 153 cm³/mol. The van der Waals surface area contributed by atoms with Crippen LogP contribution in [0.3, 0.4) is 0 Å². The smallest absolute Gasteiger partial charge is 0.214 e. The van der Waals surface area contributed by atoms with Crippen LogP contribution in [0.15, 0.2) is 36.7 Å². The lowest BCUT2D eigenvalue weighted by molar-refractivity contribution is -0.120. The summed E-state index contributed by atoms with van der Waals surface area (Å²) in [6.45, 7) is 5.17. The first kappa shape index (κ1) is 30.1. The van der Waals surface area contributed by atoms with E-state index in [1.54, 1.807) is 4.31 Å². The normalized spacial score (nSPS) is 24.2. The number of rotatable bonds is 11. The Balaban J connectivity index is 1.52. The molecule has 0 radical (unpaired) electrons. The van der Waals surface area contributed by atoms with Crippen molar-refractivity contribution in [2.24, 2.45) is 11.7 Å². The van der Waals surface area contributed by atoms with Crippen LogP contribution in [0.25, 0.3) is 0 Å². The molecule has 10 heteroatoms. The summed E-state index contributed by atoms with van der Waals surface area (Å²) >= 11 is 6.10. The van der Waals surface area contributed by atoms with Crippen LogP contribution < -0.4 is 11.1 Å². The number of pyridine rings is 1. The van der Waals surface area contributed by atoms with Crippen molar-refractivity contribution in [3.8, 4) is 0 Å². The van der Waals surface area contributed by atoms with Crippen molar-refractivity contribution in [2.45, 2.75) is 82.8 Å². The molecule has 0 aliphatic carbocycles. The third-order valence-electron chi connectivity index (χ3n) is 8.52. The summed E-state index contributed by atoms with van der Waals surface area (Å²) in [5.41, 5.74) is 8.52. The lowest BCUT2D eigenvalue weighted by atomic mass is 9.76. The molecule has 2 fully saturated rings. The van der Waals surface area contributed by atoms with E-state index in [9.17, 15) is 13.2 Å². The zero-order valence-corrected chi connectivity index (χ0v) is 24.4. The number of nitrogens with one attached hydrogen (secondary N) is 1. The standard InChI is InChI=1S/C29H40ClFN4O3S/c1-3-19(4-2)28(20-7-9-22(30)10-8-20)29(32)27(36)14-21-15-33-17-26(31)25(21)12-11-24-16-34-23-6-5-13-39(37,38)35(24)18-23/h7-10,15,17,19,23-24,28-29,34H,3-6,11-14,16,18,32H2,1-2H3/t23-,24+,28-,29-/m1/s1. The highest BCUT2D eigenvalue weighted by atomic mass is 35.5. The molecule has 214 valence electrons. The van der Waals surface area contributed by atoms with Gasteiger partial charge in [-0.3, -0.25) is 9.78 Å². The molecular weight excluding hydrogens is 539 g/mol. The highest BCUT2D eigenvalue weighted by molar-refractivity contribution is 7.89. The number of Topliss-reactive ketones (excluding diaryl/α,β-unsaturated/α-hetero) is 1. The fourth-order valence-corrected chi connectivity index (χ4v) is 8.18. The number of aromatic nitrogens is 1. The molecule has 39 heavy (non-hydrogen) atoms. The summed E-state index contributed by atoms with van der Waals surface area (Å²) in [6.07, 6.45) is 6.64. The molecule has 3 heterocycles. The van der Waals surface area contributed by atoms with Gasteiger partial charge >= 0.3 is 0 Å². The van der Waals surface area contributed by atoms with Gasteiger partial charge in [-0.25, -0.2) is 12.8 Å². The van der Waals surface area contributed by atoms with Crippen molar-refractivity contribution in [2.75, 3.05) is 18.8 Å². The van der Waals surface area contributed by atoms with Gasteiger partial charge in [0.2, 0.25) is 10.0 Å². The van der Waals surface area contributed by atoms with Crippen molar-refractivity contribution in [1.82, 2.24) is 14.6 Å². The Morgan fingerprint density at radius 3 is 2.64 bits per heavy atom. The van der Waals surface area contributed by atoms with Crippen LogP contribution >= 0.6 is 11.6 Å². The second-order valence-corrected chi connectivity index (χ2v) is 13.4. The van der Waals surface area contributed by atoms with Gasteiger partial charge in [-0.05, 0) is 60.4 Å². The maximum absolute atomic E-state index is 15.1. The van der Waals surface area contributed by atoms with Gasteiger partial charge in [0.1, 0.15) is 5.82 Å². The number of sulfonamides is 1. The minimum Gasteiger partial charge on any atom is -0.321 e. The fourth-order valence-electron chi connectivity index (χ4n) is 6.25. The molecule has 1 unspecified atom stereocenters. The molecule has 0 amide bonds. The minimum atomic E-state index is -3.34. The van der Waals surface area contributed by atoms with Gasteiger partial charge < -0.3 is 11.1 Å². The van der Waals surface area contributed by atoms with Crippen molar-refractivity contribution < 1.29 is 17.6 Å². The monoisotopic (exact) mass is 578 g/mol. The van der Waals surface area contributed by atoms with Gasteiger partial charge in [-0.15, -0.1) is 0 Å². The summed E-state index contributed by atoms with van der Waals surface area (Å²) < 4.78 is 42.3. The number of piperazine rings is 1. The molecule has 0 spiro atoms. The number of nitrogens with zero attached hydrogens (tertiary/aromatic N) is 2. The molecule has 2 bridgehead atoms. The van der Waals surface area contributed by atoms with E-state index < -0.39 is 21.9 Å². The number of carbonyl (C=O) groups is 1. The largest absolute Gasteiger partial charge is 0.321 e. The maximum Gasteiger partial charge on any atom is 0.214 e. The quantitative estimate of drug-likeness (QED) is 0.413. The molecule has 5 atom stereocenters. The second kappa shape index (κ2) is 13.2. The Kier molecular flexibility index (Phi) is 10.1. The first-order valence-corrected chi connectivity index (χ1v) is 16.0. The van der Waals surface area contributed by atoms with E-state index in [4.69, 9.17) is 17.3 Å². The van der Waals surface area contributed by atoms with Crippen LogP contribution in [-0.4, -0.2) is 60.5 Å². The molecule has 2 aromatic rings. The van der Waals surface area contributed by atoms with Gasteiger partial charge in [0, 0.05) is 48.7 Å². The number of hydrogen-bond acceptors (Lipinski definition) is 6. The Hall–Kier alpha value is -1.91.